The molecule has 1 fully saturated rings. The van der Waals surface area contributed by atoms with Crippen molar-refractivity contribution in [2.45, 2.75) is 39.2 Å². The van der Waals surface area contributed by atoms with Crippen LogP contribution in [0.1, 0.15) is 43.5 Å². The molecule has 2 rings (SSSR count). The highest BCUT2D eigenvalue weighted by molar-refractivity contribution is 5.97. The van der Waals surface area contributed by atoms with E-state index in [1.165, 1.54) is 0 Å². The maximum atomic E-state index is 12.8. The van der Waals surface area contributed by atoms with Gasteiger partial charge in [0.2, 0.25) is 11.8 Å². The summed E-state index contributed by atoms with van der Waals surface area (Å²) in [6.45, 7) is 6.06. The van der Waals surface area contributed by atoms with Crippen LogP contribution in [0.4, 0.5) is 0 Å². The van der Waals surface area contributed by atoms with Gasteiger partial charge in [-0.2, -0.15) is 0 Å². The fourth-order valence-electron chi connectivity index (χ4n) is 3.57. The maximum Gasteiger partial charge on any atom is 0.251 e. The molecule has 3 amide bonds. The number of nitrogens with zero attached hydrogens (tertiary/aromatic N) is 1. The summed E-state index contributed by atoms with van der Waals surface area (Å²) in [5.41, 5.74) is 0.525. The Kier molecular flexibility index (Phi) is 9.12. The van der Waals surface area contributed by atoms with Gasteiger partial charge in [-0.1, -0.05) is 32.0 Å². The molecule has 0 spiro atoms. The lowest BCUT2D eigenvalue weighted by molar-refractivity contribution is -0.136. The van der Waals surface area contributed by atoms with Gasteiger partial charge in [-0.05, 0) is 37.3 Å². The van der Waals surface area contributed by atoms with Gasteiger partial charge >= 0.3 is 0 Å². The molecule has 0 saturated carbocycles. The summed E-state index contributed by atoms with van der Waals surface area (Å²) in [6.07, 6.45) is 2.08. The molecule has 2 N–H and O–H groups in total. The number of amides is 3. The molecule has 29 heavy (non-hydrogen) atoms. The van der Waals surface area contributed by atoms with Crippen molar-refractivity contribution in [1.29, 1.82) is 0 Å². The lowest BCUT2D eigenvalue weighted by atomic mass is 9.88. The van der Waals surface area contributed by atoms with Gasteiger partial charge in [0.15, 0.2) is 0 Å². The van der Waals surface area contributed by atoms with Gasteiger partial charge in [-0.3, -0.25) is 14.4 Å². The smallest absolute Gasteiger partial charge is 0.251 e. The first-order chi connectivity index (χ1) is 13.9. The molecule has 0 bridgehead atoms. The van der Waals surface area contributed by atoms with E-state index < -0.39 is 6.04 Å². The minimum atomic E-state index is -0.624. The van der Waals surface area contributed by atoms with Gasteiger partial charge in [0.1, 0.15) is 6.04 Å². The lowest BCUT2D eigenvalue weighted by Crippen LogP contribution is -2.54. The van der Waals surface area contributed by atoms with E-state index in [1.807, 2.05) is 24.8 Å². The van der Waals surface area contributed by atoms with Crippen molar-refractivity contribution in [3.05, 3.63) is 35.9 Å². The number of carbonyl (C=O) groups is 3. The van der Waals surface area contributed by atoms with Gasteiger partial charge in [-0.15, -0.1) is 0 Å². The first kappa shape index (κ1) is 22.9. The monoisotopic (exact) mass is 403 g/mol. The van der Waals surface area contributed by atoms with Crippen molar-refractivity contribution in [2.75, 3.05) is 33.4 Å². The summed E-state index contributed by atoms with van der Waals surface area (Å²) in [4.78, 5) is 39.6. The van der Waals surface area contributed by atoms with Gasteiger partial charge in [0.25, 0.3) is 5.91 Å². The van der Waals surface area contributed by atoms with E-state index in [0.29, 0.717) is 51.1 Å². The number of likely N-dealkylation sites (tertiary alicyclic amines) is 1. The summed E-state index contributed by atoms with van der Waals surface area (Å²) in [5.74, 6) is -0.356. The molecule has 7 nitrogen and oxygen atoms in total. The summed E-state index contributed by atoms with van der Waals surface area (Å²) in [5, 5.41) is 5.83. The molecule has 1 aromatic carbocycles. The van der Waals surface area contributed by atoms with E-state index >= 15 is 0 Å². The number of hydrogen-bond donors (Lipinski definition) is 2. The summed E-state index contributed by atoms with van der Waals surface area (Å²) >= 11 is 0. The van der Waals surface area contributed by atoms with Crippen LogP contribution in [0.15, 0.2) is 30.3 Å². The second-order valence-corrected chi connectivity index (χ2v) is 7.77. The van der Waals surface area contributed by atoms with Crippen molar-refractivity contribution < 1.29 is 19.1 Å². The van der Waals surface area contributed by atoms with Crippen molar-refractivity contribution in [3.63, 3.8) is 0 Å². The Morgan fingerprint density at radius 3 is 2.38 bits per heavy atom. The third-order valence-corrected chi connectivity index (χ3v) is 5.25. The van der Waals surface area contributed by atoms with E-state index in [2.05, 4.69) is 10.6 Å². The Hall–Kier alpha value is -2.41. The zero-order chi connectivity index (χ0) is 21.2. The Bertz CT molecular complexity index is 670. The zero-order valence-electron chi connectivity index (χ0n) is 17.6. The van der Waals surface area contributed by atoms with Gasteiger partial charge in [-0.25, -0.2) is 0 Å². The number of ether oxygens (including phenoxy) is 1. The molecule has 1 saturated heterocycles. The number of hydrogen-bond acceptors (Lipinski definition) is 4. The quantitative estimate of drug-likeness (QED) is 0.616. The maximum absolute atomic E-state index is 12.8. The summed E-state index contributed by atoms with van der Waals surface area (Å²) in [6, 6.07) is 8.27. The van der Waals surface area contributed by atoms with Crippen molar-refractivity contribution in [2.24, 2.45) is 11.8 Å². The average molecular weight is 404 g/mol. The minimum absolute atomic E-state index is 0.0127. The number of carbonyl (C=O) groups excluding carboxylic acids is 3. The van der Waals surface area contributed by atoms with Crippen LogP contribution in [0.3, 0.4) is 0 Å². The Morgan fingerprint density at radius 2 is 1.79 bits per heavy atom. The highest BCUT2D eigenvalue weighted by Crippen LogP contribution is 2.22. The molecule has 1 aromatic rings. The van der Waals surface area contributed by atoms with E-state index in [-0.39, 0.29) is 29.6 Å². The van der Waals surface area contributed by atoms with E-state index in [4.69, 9.17) is 4.74 Å². The molecule has 1 aliphatic heterocycles. The second kappa shape index (κ2) is 11.6. The standard InChI is InChI=1S/C22H33N3O4/c1-16(2)22(28)25-13-10-17(11-14-25)19(21(27)23-12-7-15-29-3)24-20(26)18-8-5-4-6-9-18/h4-6,8-9,16-17,19H,7,10-15H2,1-3H3,(H,23,27)(H,24,26). The van der Waals surface area contributed by atoms with E-state index in [9.17, 15) is 14.4 Å². The van der Waals surface area contributed by atoms with Crippen LogP contribution in [0.5, 0.6) is 0 Å². The second-order valence-electron chi connectivity index (χ2n) is 7.77. The van der Waals surface area contributed by atoms with E-state index in [0.717, 1.165) is 0 Å². The first-order valence-corrected chi connectivity index (χ1v) is 10.4. The SMILES string of the molecule is COCCCNC(=O)C(NC(=O)c1ccccc1)C1CCN(C(=O)C(C)C)CC1. The molecule has 1 aliphatic rings. The topological polar surface area (TPSA) is 87.7 Å². The lowest BCUT2D eigenvalue weighted by Gasteiger charge is -2.36. The van der Waals surface area contributed by atoms with Crippen LogP contribution in [0.25, 0.3) is 0 Å². The molecular weight excluding hydrogens is 370 g/mol. The fraction of sp³-hybridized carbons (Fsp3) is 0.591. The molecule has 7 heteroatoms. The molecule has 0 aromatic heterocycles. The summed E-state index contributed by atoms with van der Waals surface area (Å²) in [7, 11) is 1.62. The normalized spacial score (nSPS) is 15.8. The van der Waals surface area contributed by atoms with Gasteiger partial charge in [0.05, 0.1) is 0 Å². The Labute approximate surface area is 173 Å². The molecule has 160 valence electrons. The largest absolute Gasteiger partial charge is 0.385 e. The molecule has 1 unspecified atom stereocenters. The van der Waals surface area contributed by atoms with Gasteiger partial charge in [0, 0.05) is 44.8 Å². The zero-order valence-corrected chi connectivity index (χ0v) is 17.6. The van der Waals surface area contributed by atoms with Crippen LogP contribution in [-0.4, -0.2) is 62.0 Å². The molecule has 1 heterocycles. The van der Waals surface area contributed by atoms with Crippen LogP contribution in [0, 0.1) is 11.8 Å². The van der Waals surface area contributed by atoms with Crippen LogP contribution in [0.2, 0.25) is 0 Å². The van der Waals surface area contributed by atoms with Crippen molar-refractivity contribution in [3.8, 4) is 0 Å². The highest BCUT2D eigenvalue weighted by Gasteiger charge is 2.34. The molecule has 0 radical (unpaired) electrons. The first-order valence-electron chi connectivity index (χ1n) is 10.4. The highest BCUT2D eigenvalue weighted by atomic mass is 16.5. The van der Waals surface area contributed by atoms with Crippen LogP contribution in [-0.2, 0) is 14.3 Å². The predicted octanol–water partition coefficient (Wildman–Crippen LogP) is 1.83. The third-order valence-electron chi connectivity index (χ3n) is 5.25. The number of rotatable bonds is 9. The number of piperidine rings is 1. The Balaban J connectivity index is 2.03. The van der Waals surface area contributed by atoms with Crippen LogP contribution >= 0.6 is 0 Å². The van der Waals surface area contributed by atoms with Crippen molar-refractivity contribution in [1.82, 2.24) is 15.5 Å². The fourth-order valence-corrected chi connectivity index (χ4v) is 3.57. The molecule has 1 atom stereocenters. The van der Waals surface area contributed by atoms with Crippen LogP contribution < -0.4 is 10.6 Å². The Morgan fingerprint density at radius 1 is 1.14 bits per heavy atom. The van der Waals surface area contributed by atoms with Crippen molar-refractivity contribution >= 4 is 17.7 Å². The number of benzene rings is 1. The minimum Gasteiger partial charge on any atom is -0.385 e. The predicted molar refractivity (Wildman–Crippen MR) is 111 cm³/mol. The molecule has 0 aliphatic carbocycles. The summed E-state index contributed by atoms with van der Waals surface area (Å²) < 4.78 is 5.02. The third kappa shape index (κ3) is 6.85. The van der Waals surface area contributed by atoms with E-state index in [1.54, 1.807) is 31.4 Å². The molecular formula is C22H33N3O4. The van der Waals surface area contributed by atoms with Gasteiger partial charge < -0.3 is 20.3 Å². The number of methoxy groups -OCH3 is 1. The number of nitrogens with one attached hydrogen (secondary N) is 2. The average Bonchev–Trinajstić information content (AvgIpc) is 2.75.